The number of aryl methyl sites for hydroxylation is 1. The van der Waals surface area contributed by atoms with Gasteiger partial charge in [0.15, 0.2) is 5.65 Å². The van der Waals surface area contributed by atoms with Gasteiger partial charge in [0.2, 0.25) is 0 Å². The monoisotopic (exact) mass is 425 g/mol. The van der Waals surface area contributed by atoms with Gasteiger partial charge in [-0.3, -0.25) is 0 Å². The van der Waals surface area contributed by atoms with E-state index in [2.05, 4.69) is 36.2 Å². The van der Waals surface area contributed by atoms with E-state index >= 15 is 0 Å². The standard InChI is InChI=1S/C17H15BrF3N5/c1-8(10-3-11(17(19,20)21)5-13(22)4-10)24-16-14-6-12(18)7-23-15(14)25-9(2)26-16/h3-8H,22H2,1-2H3,(H,23,24,25,26). The Kier molecular flexibility index (Phi) is 4.74. The van der Waals surface area contributed by atoms with E-state index in [-0.39, 0.29) is 5.69 Å². The summed E-state index contributed by atoms with van der Waals surface area (Å²) in [6.07, 6.45) is -2.84. The molecule has 5 nitrogen and oxygen atoms in total. The SMILES string of the molecule is Cc1nc(NC(C)c2cc(N)cc(C(F)(F)F)c2)c2cc(Br)cnc2n1. The third-order valence-corrected chi connectivity index (χ3v) is 4.22. The predicted molar refractivity (Wildman–Crippen MR) is 97.7 cm³/mol. The van der Waals surface area contributed by atoms with E-state index < -0.39 is 17.8 Å². The summed E-state index contributed by atoms with van der Waals surface area (Å²) in [4.78, 5) is 12.9. The molecule has 136 valence electrons. The van der Waals surface area contributed by atoms with Gasteiger partial charge in [0.25, 0.3) is 0 Å². The molecule has 0 aliphatic carbocycles. The Labute approximate surface area is 156 Å². The first-order valence-electron chi connectivity index (χ1n) is 7.67. The minimum Gasteiger partial charge on any atom is -0.399 e. The first-order chi connectivity index (χ1) is 12.1. The highest BCUT2D eigenvalue weighted by Crippen LogP contribution is 2.34. The highest BCUT2D eigenvalue weighted by Gasteiger charge is 2.31. The number of nitrogens with one attached hydrogen (secondary N) is 1. The third-order valence-electron chi connectivity index (χ3n) is 3.79. The summed E-state index contributed by atoms with van der Waals surface area (Å²) < 4.78 is 39.8. The van der Waals surface area contributed by atoms with Crippen LogP contribution in [0.5, 0.6) is 0 Å². The van der Waals surface area contributed by atoms with Crippen LogP contribution in [-0.2, 0) is 6.18 Å². The maximum absolute atomic E-state index is 13.0. The molecule has 2 aromatic heterocycles. The maximum atomic E-state index is 13.0. The second kappa shape index (κ2) is 6.71. The molecule has 0 fully saturated rings. The van der Waals surface area contributed by atoms with Crippen molar-refractivity contribution in [3.05, 3.63) is 51.9 Å². The van der Waals surface area contributed by atoms with Crippen LogP contribution in [0.4, 0.5) is 24.7 Å². The van der Waals surface area contributed by atoms with Crippen molar-refractivity contribution >= 4 is 38.5 Å². The van der Waals surface area contributed by atoms with Gasteiger partial charge in [-0.05, 0) is 59.6 Å². The van der Waals surface area contributed by atoms with Crippen molar-refractivity contribution in [2.24, 2.45) is 0 Å². The van der Waals surface area contributed by atoms with Crippen molar-refractivity contribution in [3.63, 3.8) is 0 Å². The van der Waals surface area contributed by atoms with Crippen LogP contribution < -0.4 is 11.1 Å². The number of fused-ring (bicyclic) bond motifs is 1. The van der Waals surface area contributed by atoms with Crippen LogP contribution in [0.3, 0.4) is 0 Å². The van der Waals surface area contributed by atoms with E-state index in [1.165, 1.54) is 6.07 Å². The van der Waals surface area contributed by atoms with Gasteiger partial charge in [0.05, 0.1) is 17.0 Å². The summed E-state index contributed by atoms with van der Waals surface area (Å²) in [7, 11) is 0. The average Bonchev–Trinajstić information content (AvgIpc) is 2.54. The van der Waals surface area contributed by atoms with Crippen LogP contribution in [0.2, 0.25) is 0 Å². The number of hydrogen-bond acceptors (Lipinski definition) is 5. The molecule has 9 heteroatoms. The van der Waals surface area contributed by atoms with Gasteiger partial charge in [-0.25, -0.2) is 15.0 Å². The number of halogens is 4. The first kappa shape index (κ1) is 18.4. The molecule has 3 N–H and O–H groups in total. The molecule has 0 aliphatic heterocycles. The molecule has 1 aromatic carbocycles. The van der Waals surface area contributed by atoms with Gasteiger partial charge in [-0.1, -0.05) is 0 Å². The van der Waals surface area contributed by atoms with Crippen LogP contribution in [0.15, 0.2) is 34.9 Å². The van der Waals surface area contributed by atoms with Crippen molar-refractivity contribution in [1.29, 1.82) is 0 Å². The van der Waals surface area contributed by atoms with Gasteiger partial charge in [0.1, 0.15) is 11.6 Å². The van der Waals surface area contributed by atoms with E-state index in [0.29, 0.717) is 28.2 Å². The molecule has 26 heavy (non-hydrogen) atoms. The number of hydrogen-bond donors (Lipinski definition) is 2. The number of aromatic nitrogens is 3. The first-order valence-corrected chi connectivity index (χ1v) is 8.47. The molecule has 1 atom stereocenters. The van der Waals surface area contributed by atoms with E-state index in [9.17, 15) is 13.2 Å². The molecule has 0 spiro atoms. The normalized spacial score (nSPS) is 13.0. The van der Waals surface area contributed by atoms with Gasteiger partial charge >= 0.3 is 6.18 Å². The van der Waals surface area contributed by atoms with Gasteiger partial charge in [-0.15, -0.1) is 0 Å². The number of pyridine rings is 1. The quantitative estimate of drug-likeness (QED) is 0.585. The number of benzene rings is 1. The summed E-state index contributed by atoms with van der Waals surface area (Å²) in [6.45, 7) is 3.46. The van der Waals surface area contributed by atoms with Crippen LogP contribution in [0, 0.1) is 6.92 Å². The summed E-state index contributed by atoms with van der Waals surface area (Å²) >= 11 is 3.35. The molecule has 0 aliphatic rings. The van der Waals surface area contributed by atoms with Crippen LogP contribution >= 0.6 is 15.9 Å². The van der Waals surface area contributed by atoms with Gasteiger partial charge in [0, 0.05) is 16.4 Å². The molecule has 3 aromatic rings. The second-order valence-corrected chi connectivity index (χ2v) is 6.81. The lowest BCUT2D eigenvalue weighted by Crippen LogP contribution is -2.13. The van der Waals surface area contributed by atoms with E-state index in [0.717, 1.165) is 16.6 Å². The van der Waals surface area contributed by atoms with Crippen molar-refractivity contribution in [1.82, 2.24) is 15.0 Å². The van der Waals surface area contributed by atoms with Crippen LogP contribution in [0.1, 0.15) is 29.9 Å². The molecular weight excluding hydrogens is 411 g/mol. The predicted octanol–water partition coefficient (Wildman–Crippen LogP) is 4.87. The fourth-order valence-electron chi connectivity index (χ4n) is 2.58. The minimum absolute atomic E-state index is 0.0524. The topological polar surface area (TPSA) is 76.7 Å². The fraction of sp³-hybridized carbons (Fsp3) is 0.235. The van der Waals surface area contributed by atoms with E-state index in [1.807, 2.05) is 0 Å². The largest absolute Gasteiger partial charge is 0.416 e. The zero-order chi connectivity index (χ0) is 19.1. The lowest BCUT2D eigenvalue weighted by molar-refractivity contribution is -0.137. The van der Waals surface area contributed by atoms with Gasteiger partial charge in [-0.2, -0.15) is 13.2 Å². The number of nitrogen functional groups attached to an aromatic ring is 1. The summed E-state index contributed by atoms with van der Waals surface area (Å²) in [5.41, 5.74) is 5.83. The minimum atomic E-state index is -4.46. The summed E-state index contributed by atoms with van der Waals surface area (Å²) in [6, 6.07) is 4.85. The highest BCUT2D eigenvalue weighted by molar-refractivity contribution is 9.10. The molecule has 1 unspecified atom stereocenters. The molecule has 0 saturated carbocycles. The lowest BCUT2D eigenvalue weighted by Gasteiger charge is -2.19. The second-order valence-electron chi connectivity index (χ2n) is 5.90. The van der Waals surface area contributed by atoms with E-state index in [1.54, 1.807) is 26.1 Å². The lowest BCUT2D eigenvalue weighted by atomic mass is 10.0. The molecule has 3 rings (SSSR count). The Hall–Kier alpha value is -2.42. The molecule has 0 saturated heterocycles. The highest BCUT2D eigenvalue weighted by atomic mass is 79.9. The third kappa shape index (κ3) is 3.87. The molecular formula is C17H15BrF3N5. The Morgan fingerprint density at radius 3 is 2.58 bits per heavy atom. The van der Waals surface area contributed by atoms with Crippen molar-refractivity contribution in [3.8, 4) is 0 Å². The number of nitrogens with two attached hydrogens (primary N) is 1. The van der Waals surface area contributed by atoms with Crippen LogP contribution in [-0.4, -0.2) is 15.0 Å². The average molecular weight is 426 g/mol. The molecule has 0 radical (unpaired) electrons. The Bertz CT molecular complexity index is 975. The smallest absolute Gasteiger partial charge is 0.399 e. The zero-order valence-corrected chi connectivity index (χ0v) is 15.5. The number of rotatable bonds is 3. The Balaban J connectivity index is 2.01. The molecule has 0 bridgehead atoms. The van der Waals surface area contributed by atoms with Gasteiger partial charge < -0.3 is 11.1 Å². The summed E-state index contributed by atoms with van der Waals surface area (Å²) in [5, 5.41) is 3.80. The molecule has 2 heterocycles. The Morgan fingerprint density at radius 2 is 1.88 bits per heavy atom. The Morgan fingerprint density at radius 1 is 1.15 bits per heavy atom. The summed E-state index contributed by atoms with van der Waals surface area (Å²) in [5.74, 6) is 0.996. The number of nitrogens with zero attached hydrogens (tertiary/aromatic N) is 3. The van der Waals surface area contributed by atoms with Crippen LogP contribution in [0.25, 0.3) is 11.0 Å². The van der Waals surface area contributed by atoms with E-state index in [4.69, 9.17) is 5.73 Å². The van der Waals surface area contributed by atoms with Crippen molar-refractivity contribution < 1.29 is 13.2 Å². The molecule has 0 amide bonds. The van der Waals surface area contributed by atoms with Crippen molar-refractivity contribution in [2.75, 3.05) is 11.1 Å². The number of alkyl halides is 3. The maximum Gasteiger partial charge on any atom is 0.416 e. The number of anilines is 2. The fourth-order valence-corrected chi connectivity index (χ4v) is 2.92. The zero-order valence-electron chi connectivity index (χ0n) is 13.9. The van der Waals surface area contributed by atoms with Crippen molar-refractivity contribution in [2.45, 2.75) is 26.1 Å².